The van der Waals surface area contributed by atoms with Crippen LogP contribution in [0.4, 0.5) is 0 Å². The Morgan fingerprint density at radius 2 is 2.00 bits per heavy atom. The predicted molar refractivity (Wildman–Crippen MR) is 80.1 cm³/mol. The maximum Gasteiger partial charge on any atom is 0.344 e. The second-order valence-corrected chi connectivity index (χ2v) is 5.26. The molecule has 0 aromatic carbocycles. The minimum absolute atomic E-state index is 0.221. The summed E-state index contributed by atoms with van der Waals surface area (Å²) in [4.78, 5) is 24.3. The second-order valence-electron chi connectivity index (χ2n) is 5.26. The number of carbonyl (C=O) groups is 2. The third kappa shape index (κ3) is 2.81. The lowest BCUT2D eigenvalue weighted by atomic mass is 10.1. The van der Waals surface area contributed by atoms with Gasteiger partial charge in [-0.3, -0.25) is 4.79 Å². The van der Waals surface area contributed by atoms with Crippen molar-refractivity contribution in [2.45, 2.75) is 34.1 Å². The Kier molecular flexibility index (Phi) is 4.49. The van der Waals surface area contributed by atoms with Gasteiger partial charge in [0, 0.05) is 24.0 Å². The van der Waals surface area contributed by atoms with Crippen molar-refractivity contribution in [2.24, 2.45) is 7.05 Å². The average Bonchev–Trinajstić information content (AvgIpc) is 2.99. The van der Waals surface area contributed by atoms with Gasteiger partial charge in [0.2, 0.25) is 5.78 Å². The van der Waals surface area contributed by atoms with Crippen molar-refractivity contribution in [1.29, 1.82) is 0 Å². The molecule has 0 N–H and O–H groups in total. The molecule has 0 spiro atoms. The smallest absolute Gasteiger partial charge is 0.344 e. The zero-order chi connectivity index (χ0) is 16.4. The number of ketones is 1. The molecule has 2 rings (SSSR count). The van der Waals surface area contributed by atoms with Crippen molar-refractivity contribution < 1.29 is 18.8 Å². The third-order valence-electron chi connectivity index (χ3n) is 3.88. The third-order valence-corrected chi connectivity index (χ3v) is 3.88. The predicted octanol–water partition coefficient (Wildman–Crippen LogP) is 2.54. The Hall–Kier alpha value is -2.37. The molecule has 6 nitrogen and oxygen atoms in total. The minimum Gasteiger partial charge on any atom is -0.454 e. The van der Waals surface area contributed by atoms with Crippen LogP contribution in [0.25, 0.3) is 0 Å². The topological polar surface area (TPSA) is 74.3 Å². The average molecular weight is 304 g/mol. The van der Waals surface area contributed by atoms with Crippen molar-refractivity contribution in [2.75, 3.05) is 6.61 Å². The van der Waals surface area contributed by atoms with E-state index in [0.717, 1.165) is 11.4 Å². The van der Waals surface area contributed by atoms with Crippen LogP contribution < -0.4 is 0 Å². The molecule has 0 atom stereocenters. The lowest BCUT2D eigenvalue weighted by Gasteiger charge is -2.05. The lowest BCUT2D eigenvalue weighted by molar-refractivity contribution is 0.0472. The van der Waals surface area contributed by atoms with Gasteiger partial charge in [-0.2, -0.15) is 0 Å². The van der Waals surface area contributed by atoms with Crippen molar-refractivity contribution in [3.63, 3.8) is 0 Å². The van der Waals surface area contributed by atoms with Gasteiger partial charge in [0.15, 0.2) is 6.61 Å². The zero-order valence-corrected chi connectivity index (χ0v) is 13.5. The number of hydrogen-bond acceptors (Lipinski definition) is 5. The molecular formula is C16H20N2O4. The Bertz CT molecular complexity index is 725. The highest BCUT2D eigenvalue weighted by atomic mass is 16.5. The van der Waals surface area contributed by atoms with E-state index in [1.807, 2.05) is 32.4 Å². The fourth-order valence-electron chi connectivity index (χ4n) is 2.34. The van der Waals surface area contributed by atoms with Gasteiger partial charge >= 0.3 is 5.97 Å². The van der Waals surface area contributed by atoms with Crippen LogP contribution in [0.3, 0.4) is 0 Å². The molecule has 0 saturated carbocycles. The quantitative estimate of drug-likeness (QED) is 0.627. The molecule has 2 aromatic rings. The number of rotatable bonds is 5. The summed E-state index contributed by atoms with van der Waals surface area (Å²) >= 11 is 0. The summed E-state index contributed by atoms with van der Waals surface area (Å²) in [7, 11) is 1.89. The highest BCUT2D eigenvalue weighted by Crippen LogP contribution is 2.17. The Balaban J connectivity index is 2.09. The van der Waals surface area contributed by atoms with Gasteiger partial charge in [0.1, 0.15) is 11.3 Å². The molecule has 22 heavy (non-hydrogen) atoms. The monoisotopic (exact) mass is 304 g/mol. The first-order chi connectivity index (χ1) is 10.4. The van der Waals surface area contributed by atoms with Crippen LogP contribution in [0.15, 0.2) is 10.6 Å². The first-order valence-corrected chi connectivity index (χ1v) is 7.15. The fourth-order valence-corrected chi connectivity index (χ4v) is 2.34. The van der Waals surface area contributed by atoms with E-state index in [9.17, 15) is 9.59 Å². The Labute approximate surface area is 129 Å². The SMILES string of the molecule is CCc1noc(C)c1C(=O)OCC(=O)c1cc(C)n(C)c1C. The van der Waals surface area contributed by atoms with Crippen LogP contribution in [0.1, 0.15) is 50.5 Å². The maximum atomic E-state index is 12.2. The van der Waals surface area contributed by atoms with E-state index in [4.69, 9.17) is 9.26 Å². The zero-order valence-electron chi connectivity index (χ0n) is 13.5. The lowest BCUT2D eigenvalue weighted by Crippen LogP contribution is -2.16. The maximum absolute atomic E-state index is 12.2. The normalized spacial score (nSPS) is 10.8. The fraction of sp³-hybridized carbons (Fsp3) is 0.438. The minimum atomic E-state index is -0.575. The first kappa shape index (κ1) is 16.0. The summed E-state index contributed by atoms with van der Waals surface area (Å²) in [5.74, 6) is -0.392. The molecule has 0 bridgehead atoms. The molecule has 0 aliphatic rings. The van der Waals surface area contributed by atoms with Crippen LogP contribution in [0.5, 0.6) is 0 Å². The largest absolute Gasteiger partial charge is 0.454 e. The van der Waals surface area contributed by atoms with Crippen LogP contribution in [-0.2, 0) is 18.2 Å². The molecule has 0 saturated heterocycles. The van der Waals surface area contributed by atoms with E-state index in [-0.39, 0.29) is 12.4 Å². The number of nitrogens with zero attached hydrogens (tertiary/aromatic N) is 2. The summed E-state index contributed by atoms with van der Waals surface area (Å²) in [6.45, 7) is 7.01. The molecule has 118 valence electrons. The summed E-state index contributed by atoms with van der Waals surface area (Å²) in [5.41, 5.74) is 3.27. The van der Waals surface area contributed by atoms with Crippen LogP contribution >= 0.6 is 0 Å². The number of ether oxygens (including phenoxy) is 1. The van der Waals surface area contributed by atoms with Gasteiger partial charge in [-0.1, -0.05) is 12.1 Å². The molecule has 2 aromatic heterocycles. The van der Waals surface area contributed by atoms with Gasteiger partial charge < -0.3 is 13.8 Å². The van der Waals surface area contributed by atoms with E-state index in [0.29, 0.717) is 29.0 Å². The molecule has 0 aliphatic heterocycles. The summed E-state index contributed by atoms with van der Waals surface area (Å²) in [6, 6.07) is 1.80. The highest BCUT2D eigenvalue weighted by Gasteiger charge is 2.22. The van der Waals surface area contributed by atoms with Gasteiger partial charge in [-0.25, -0.2) is 4.79 Å². The van der Waals surface area contributed by atoms with Crippen molar-refractivity contribution in [1.82, 2.24) is 9.72 Å². The van der Waals surface area contributed by atoms with Gasteiger partial charge in [-0.05, 0) is 33.3 Å². The number of aromatic nitrogens is 2. The molecule has 6 heteroatoms. The second kappa shape index (κ2) is 6.17. The Morgan fingerprint density at radius 1 is 1.32 bits per heavy atom. The van der Waals surface area contributed by atoms with E-state index in [1.54, 1.807) is 13.0 Å². The van der Waals surface area contributed by atoms with Gasteiger partial charge in [0.25, 0.3) is 0 Å². The molecule has 0 amide bonds. The molecule has 0 fully saturated rings. The van der Waals surface area contributed by atoms with Gasteiger partial charge in [-0.15, -0.1) is 0 Å². The van der Waals surface area contributed by atoms with Crippen LogP contribution in [0, 0.1) is 20.8 Å². The molecular weight excluding hydrogens is 284 g/mol. The van der Waals surface area contributed by atoms with Crippen LogP contribution in [-0.4, -0.2) is 28.1 Å². The summed E-state index contributed by atoms with van der Waals surface area (Å²) in [6.07, 6.45) is 0.562. The molecule has 0 aliphatic carbocycles. The Morgan fingerprint density at radius 3 is 2.55 bits per heavy atom. The van der Waals surface area contributed by atoms with Crippen molar-refractivity contribution >= 4 is 11.8 Å². The van der Waals surface area contributed by atoms with E-state index in [2.05, 4.69) is 5.16 Å². The highest BCUT2D eigenvalue weighted by molar-refractivity contribution is 6.00. The number of aryl methyl sites for hydroxylation is 3. The molecule has 0 unspecified atom stereocenters. The number of Topliss-reactive ketones (excluding diaryl/α,β-unsaturated/α-hetero) is 1. The number of esters is 1. The summed E-state index contributed by atoms with van der Waals surface area (Å²) < 4.78 is 12.1. The summed E-state index contributed by atoms with van der Waals surface area (Å²) in [5, 5.41) is 3.81. The number of carbonyl (C=O) groups excluding carboxylic acids is 2. The first-order valence-electron chi connectivity index (χ1n) is 7.15. The van der Waals surface area contributed by atoms with Gasteiger partial charge in [0.05, 0.1) is 5.69 Å². The number of hydrogen-bond donors (Lipinski definition) is 0. The van der Waals surface area contributed by atoms with E-state index < -0.39 is 5.97 Å². The standard InChI is InChI=1S/C16H20N2O4/c1-6-13-15(11(4)22-17-13)16(20)21-8-14(19)12-7-9(2)18(5)10(12)3/h7H,6,8H2,1-5H3. The van der Waals surface area contributed by atoms with Crippen LogP contribution in [0.2, 0.25) is 0 Å². The van der Waals surface area contributed by atoms with E-state index >= 15 is 0 Å². The van der Waals surface area contributed by atoms with Crippen molar-refractivity contribution in [3.8, 4) is 0 Å². The molecule has 0 radical (unpaired) electrons. The van der Waals surface area contributed by atoms with Crippen molar-refractivity contribution in [3.05, 3.63) is 40.0 Å². The molecule has 2 heterocycles. The van der Waals surface area contributed by atoms with E-state index in [1.165, 1.54) is 0 Å².